The fourth-order valence-electron chi connectivity index (χ4n) is 3.23. The molecule has 3 rings (SSSR count). The van der Waals surface area contributed by atoms with E-state index in [1.54, 1.807) is 0 Å². The molecule has 1 saturated heterocycles. The molecule has 3 nitrogen and oxygen atoms in total. The molecule has 1 spiro atoms. The number of hydrogen-bond donors (Lipinski definition) is 1. The number of hydrogen-bond acceptors (Lipinski definition) is 3. The van der Waals surface area contributed by atoms with Gasteiger partial charge in [0, 0.05) is 18.8 Å². The monoisotopic (exact) mass is 262 g/mol. The molecule has 3 unspecified atom stereocenters. The molecule has 1 fully saturated rings. The zero-order valence-electron chi connectivity index (χ0n) is 10.6. The summed E-state index contributed by atoms with van der Waals surface area (Å²) in [5.41, 5.74) is 1.16. The first-order valence-electron chi connectivity index (χ1n) is 6.60. The second-order valence-electron chi connectivity index (χ2n) is 4.99. The van der Waals surface area contributed by atoms with Crippen LogP contribution in [-0.2, 0) is 4.79 Å². The summed E-state index contributed by atoms with van der Waals surface area (Å²) in [6.07, 6.45) is 9.53. The topological polar surface area (TPSA) is 41.5 Å². The zero-order chi connectivity index (χ0) is 12.6. The number of carbonyl (C=O) groups is 1. The van der Waals surface area contributed by atoms with Crippen molar-refractivity contribution < 1.29 is 4.79 Å². The number of amides is 1. The maximum absolute atomic E-state index is 12.2. The van der Waals surface area contributed by atoms with E-state index in [0.29, 0.717) is 5.92 Å². The first-order valence-corrected chi connectivity index (χ1v) is 7.59. The Labute approximate surface area is 112 Å². The molecule has 4 heteroatoms. The average molecular weight is 262 g/mol. The van der Waals surface area contributed by atoms with Crippen molar-refractivity contribution in [2.24, 2.45) is 16.8 Å². The summed E-state index contributed by atoms with van der Waals surface area (Å²) in [7, 11) is 0. The summed E-state index contributed by atoms with van der Waals surface area (Å²) in [5, 5.41) is 2.98. The van der Waals surface area contributed by atoms with Crippen LogP contribution in [0.2, 0.25) is 0 Å². The maximum Gasteiger partial charge on any atom is 0.224 e. The summed E-state index contributed by atoms with van der Waals surface area (Å²) < 4.78 is -0.0251. The van der Waals surface area contributed by atoms with Crippen LogP contribution in [0.25, 0.3) is 0 Å². The average Bonchev–Trinajstić information content (AvgIpc) is 2.76. The van der Waals surface area contributed by atoms with Crippen LogP contribution in [0.5, 0.6) is 0 Å². The molecule has 0 aromatic carbocycles. The fraction of sp³-hybridized carbons (Fsp3) is 0.571. The van der Waals surface area contributed by atoms with Gasteiger partial charge in [-0.1, -0.05) is 18.2 Å². The number of aliphatic imine (C=N–C) groups is 1. The van der Waals surface area contributed by atoms with Crippen LogP contribution in [-0.4, -0.2) is 35.2 Å². The van der Waals surface area contributed by atoms with E-state index >= 15 is 0 Å². The van der Waals surface area contributed by atoms with Gasteiger partial charge in [0.25, 0.3) is 0 Å². The maximum atomic E-state index is 12.2. The van der Waals surface area contributed by atoms with Crippen molar-refractivity contribution >= 4 is 23.4 Å². The van der Waals surface area contributed by atoms with Crippen LogP contribution in [0, 0.1) is 11.8 Å². The lowest BCUT2D eigenvalue weighted by molar-refractivity contribution is -0.125. The summed E-state index contributed by atoms with van der Waals surface area (Å²) in [6, 6.07) is 0. The molecule has 1 aliphatic carbocycles. The first-order chi connectivity index (χ1) is 8.78. The lowest BCUT2D eigenvalue weighted by Gasteiger charge is -2.38. The van der Waals surface area contributed by atoms with Gasteiger partial charge in [0.2, 0.25) is 5.91 Å². The molecule has 0 bridgehead atoms. The number of carbonyl (C=O) groups excluding carboxylic acids is 1. The Hall–Kier alpha value is -1.03. The molecular formula is C14H18N2OS. The Kier molecular flexibility index (Phi) is 3.06. The van der Waals surface area contributed by atoms with E-state index < -0.39 is 0 Å². The number of thioether (sulfide) groups is 1. The number of rotatable bonds is 2. The quantitative estimate of drug-likeness (QED) is 0.824. The van der Waals surface area contributed by atoms with Crippen LogP contribution >= 0.6 is 11.8 Å². The summed E-state index contributed by atoms with van der Waals surface area (Å²) >= 11 is 1.89. The molecule has 0 radical (unpaired) electrons. The van der Waals surface area contributed by atoms with Gasteiger partial charge >= 0.3 is 0 Å². The van der Waals surface area contributed by atoms with Crippen LogP contribution < -0.4 is 5.32 Å². The minimum Gasteiger partial charge on any atom is -0.356 e. The van der Waals surface area contributed by atoms with Gasteiger partial charge in [-0.25, -0.2) is 0 Å². The largest absolute Gasteiger partial charge is 0.356 e. The molecule has 0 aromatic heterocycles. The van der Waals surface area contributed by atoms with Crippen LogP contribution in [0.3, 0.4) is 0 Å². The summed E-state index contributed by atoms with van der Waals surface area (Å²) in [5.74, 6) is 1.67. The smallest absolute Gasteiger partial charge is 0.224 e. The van der Waals surface area contributed by atoms with E-state index in [1.807, 2.05) is 24.8 Å². The van der Waals surface area contributed by atoms with Crippen LogP contribution in [0.15, 0.2) is 29.3 Å². The number of nitrogens with one attached hydrogen (secondary N) is 1. The van der Waals surface area contributed by atoms with Gasteiger partial charge in [-0.3, -0.25) is 9.79 Å². The predicted molar refractivity (Wildman–Crippen MR) is 76.1 cm³/mol. The molecule has 96 valence electrons. The molecule has 3 atom stereocenters. The van der Waals surface area contributed by atoms with E-state index in [0.717, 1.165) is 31.0 Å². The van der Waals surface area contributed by atoms with Crippen molar-refractivity contribution in [2.75, 3.05) is 18.8 Å². The Balaban J connectivity index is 1.91. The summed E-state index contributed by atoms with van der Waals surface area (Å²) in [6.45, 7) is 3.56. The highest BCUT2D eigenvalue weighted by Gasteiger charge is 2.53. The zero-order valence-corrected chi connectivity index (χ0v) is 11.4. The van der Waals surface area contributed by atoms with Crippen molar-refractivity contribution in [3.63, 3.8) is 0 Å². The summed E-state index contributed by atoms with van der Waals surface area (Å²) in [4.78, 5) is 16.8. The molecule has 0 aromatic rings. The normalized spacial score (nSPS) is 36.8. The van der Waals surface area contributed by atoms with Gasteiger partial charge in [-0.05, 0) is 25.3 Å². The van der Waals surface area contributed by atoms with Crippen molar-refractivity contribution in [1.82, 2.24) is 5.32 Å². The van der Waals surface area contributed by atoms with Crippen LogP contribution in [0.1, 0.15) is 13.3 Å². The van der Waals surface area contributed by atoms with Gasteiger partial charge < -0.3 is 5.32 Å². The molecule has 2 heterocycles. The molecule has 18 heavy (non-hydrogen) atoms. The van der Waals surface area contributed by atoms with E-state index in [9.17, 15) is 4.79 Å². The van der Waals surface area contributed by atoms with Crippen LogP contribution in [0.4, 0.5) is 0 Å². The second-order valence-corrected chi connectivity index (χ2v) is 6.28. The first kappa shape index (κ1) is 12.0. The van der Waals surface area contributed by atoms with E-state index in [1.165, 1.54) is 0 Å². The minimum absolute atomic E-state index is 0.0251. The lowest BCUT2D eigenvalue weighted by atomic mass is 9.74. The lowest BCUT2D eigenvalue weighted by Crippen LogP contribution is -2.46. The van der Waals surface area contributed by atoms with E-state index in [4.69, 9.17) is 0 Å². The highest BCUT2D eigenvalue weighted by molar-refractivity contribution is 8.02. The second kappa shape index (κ2) is 4.57. The predicted octanol–water partition coefficient (Wildman–Crippen LogP) is 1.81. The molecule has 1 N–H and O–H groups in total. The van der Waals surface area contributed by atoms with E-state index in [-0.39, 0.29) is 16.6 Å². The van der Waals surface area contributed by atoms with Gasteiger partial charge in [0.05, 0.1) is 16.4 Å². The standard InChI is InChI=1S/C14H18N2OS/c1-2-15-13(17)10-9-18-14-7-4-3-5-12(14)16-8-6-11(10)14/h3-5,7,10-11H,2,6,8-9H2,1H3,(H,15,17). The molecule has 2 aliphatic heterocycles. The van der Waals surface area contributed by atoms with Gasteiger partial charge in [-0.2, -0.15) is 0 Å². The van der Waals surface area contributed by atoms with Crippen molar-refractivity contribution in [1.29, 1.82) is 0 Å². The Morgan fingerprint density at radius 2 is 2.50 bits per heavy atom. The minimum atomic E-state index is -0.0251. The third-order valence-electron chi connectivity index (χ3n) is 4.06. The van der Waals surface area contributed by atoms with Gasteiger partial charge in [-0.15, -0.1) is 11.8 Å². The Morgan fingerprint density at radius 1 is 1.61 bits per heavy atom. The van der Waals surface area contributed by atoms with Crippen molar-refractivity contribution in [3.05, 3.63) is 24.3 Å². The number of allylic oxidation sites excluding steroid dienone is 3. The van der Waals surface area contributed by atoms with Crippen molar-refractivity contribution in [2.45, 2.75) is 18.1 Å². The van der Waals surface area contributed by atoms with Crippen molar-refractivity contribution in [3.8, 4) is 0 Å². The van der Waals surface area contributed by atoms with Gasteiger partial charge in [0.15, 0.2) is 0 Å². The fourth-order valence-corrected chi connectivity index (χ4v) is 5.02. The molecule has 0 saturated carbocycles. The van der Waals surface area contributed by atoms with Gasteiger partial charge in [0.1, 0.15) is 0 Å². The highest BCUT2D eigenvalue weighted by atomic mass is 32.2. The highest BCUT2D eigenvalue weighted by Crippen LogP contribution is 2.52. The molecular weight excluding hydrogens is 244 g/mol. The third kappa shape index (κ3) is 1.66. The Bertz CT molecular complexity index is 455. The third-order valence-corrected chi connectivity index (χ3v) is 5.71. The molecule has 1 amide bonds. The SMILES string of the molecule is CCNC(=O)C1CSC23C=CC=CC2=NCCC13. The van der Waals surface area contributed by atoms with E-state index in [2.05, 4.69) is 28.5 Å². The number of nitrogens with zero attached hydrogens (tertiary/aromatic N) is 1. The Morgan fingerprint density at radius 3 is 3.33 bits per heavy atom. The molecule has 3 aliphatic rings.